The van der Waals surface area contributed by atoms with Crippen molar-refractivity contribution in [2.45, 2.75) is 68.2 Å². The SMILES string of the molecule is C.C.CCCCOc1cc([N+](=O)[O-])ccc1C(=O)O.CCCCOc1cc([N+](=O)[O-])ccc1C(=O)OCC.CCOC(=O)c1ccc([N+](=O)[O-])cc1O.F.O=C(O)c1ccc([N+](=O)[O-])cc1O.[2HH]. The molecular weight excluding hydrogens is 899 g/mol. The van der Waals surface area contributed by atoms with E-state index in [1.165, 1.54) is 24.3 Å². The normalized spacial score (nSPS) is 9.37. The van der Waals surface area contributed by atoms with Crippen molar-refractivity contribution < 1.29 is 84.4 Å². The van der Waals surface area contributed by atoms with Crippen molar-refractivity contribution >= 4 is 46.6 Å². The molecule has 4 aromatic rings. The number of phenolic OH excluding ortho intramolecular Hbond substituents is 1. The lowest BCUT2D eigenvalue weighted by Crippen LogP contribution is -2.09. The number of nitro benzene ring substituents is 4. The molecule has 25 heteroatoms. The summed E-state index contributed by atoms with van der Waals surface area (Å²) in [7, 11) is 0. The maximum atomic E-state index is 11.7. The van der Waals surface area contributed by atoms with E-state index in [0.717, 1.165) is 74.2 Å². The van der Waals surface area contributed by atoms with Gasteiger partial charge >= 0.3 is 23.9 Å². The lowest BCUT2D eigenvalue weighted by Gasteiger charge is -2.10. The Labute approximate surface area is 383 Å². The van der Waals surface area contributed by atoms with Crippen molar-refractivity contribution in [2.75, 3.05) is 26.4 Å². The van der Waals surface area contributed by atoms with Gasteiger partial charge in [-0.25, -0.2) is 19.2 Å². The van der Waals surface area contributed by atoms with Crippen LogP contribution in [0.25, 0.3) is 0 Å². The third-order valence-electron chi connectivity index (χ3n) is 7.70. The Kier molecular flexibility index (Phi) is 30.2. The Bertz CT molecular complexity index is 2320. The number of non-ortho nitro benzene ring substituents is 4. The molecule has 0 aromatic heterocycles. The summed E-state index contributed by atoms with van der Waals surface area (Å²) >= 11 is 0. The summed E-state index contributed by atoms with van der Waals surface area (Å²) in [6.07, 6.45) is 3.41. The quantitative estimate of drug-likeness (QED) is 0.0312. The molecule has 0 fully saturated rings. The smallest absolute Gasteiger partial charge is 0.341 e. The van der Waals surface area contributed by atoms with Gasteiger partial charge in [0.05, 0.1) is 70.4 Å². The molecule has 24 nitrogen and oxygen atoms in total. The number of carbonyl (C=O) groups excluding carboxylic acids is 2. The van der Waals surface area contributed by atoms with Crippen molar-refractivity contribution in [1.29, 1.82) is 0 Å². The van der Waals surface area contributed by atoms with Crippen LogP contribution < -0.4 is 9.47 Å². The fourth-order valence-corrected chi connectivity index (χ4v) is 4.52. The topological polar surface area (TPSA) is 359 Å². The van der Waals surface area contributed by atoms with E-state index in [1.807, 2.05) is 13.8 Å². The van der Waals surface area contributed by atoms with Crippen molar-refractivity contribution in [3.8, 4) is 23.0 Å². The van der Waals surface area contributed by atoms with E-state index in [4.69, 9.17) is 29.5 Å². The third-order valence-corrected chi connectivity index (χ3v) is 7.70. The van der Waals surface area contributed by atoms with Crippen LogP contribution >= 0.6 is 0 Å². The summed E-state index contributed by atoms with van der Waals surface area (Å²) in [6, 6.07) is 13.3. The first-order chi connectivity index (χ1) is 30.2. The number of halogens is 1. The van der Waals surface area contributed by atoms with Gasteiger partial charge in [0.25, 0.3) is 22.7 Å². The predicted octanol–water partition coefficient (Wildman–Crippen LogP) is 9.57. The van der Waals surface area contributed by atoms with Crippen LogP contribution in [0.3, 0.4) is 0 Å². The van der Waals surface area contributed by atoms with E-state index in [0.29, 0.717) is 13.2 Å². The number of nitrogens with zero attached hydrogens (tertiary/aromatic N) is 4. The predicted molar refractivity (Wildman–Crippen MR) is 240 cm³/mol. The van der Waals surface area contributed by atoms with Crippen molar-refractivity contribution in [2.24, 2.45) is 0 Å². The van der Waals surface area contributed by atoms with Gasteiger partial charge in [0, 0.05) is 25.7 Å². The number of benzene rings is 4. The summed E-state index contributed by atoms with van der Waals surface area (Å²) in [5, 5.41) is 77.5. The van der Waals surface area contributed by atoms with Gasteiger partial charge in [0.2, 0.25) is 0 Å². The van der Waals surface area contributed by atoms with Crippen LogP contribution in [0.15, 0.2) is 72.8 Å². The number of rotatable bonds is 18. The number of carbonyl (C=O) groups is 4. The molecule has 67 heavy (non-hydrogen) atoms. The summed E-state index contributed by atoms with van der Waals surface area (Å²) in [4.78, 5) is 83.5. The Balaban J connectivity index is -0.000000397. The number of carboxylic acids is 2. The molecule has 0 unspecified atom stereocenters. The number of hydrogen-bond donors (Lipinski definition) is 4. The van der Waals surface area contributed by atoms with Crippen LogP contribution in [0.2, 0.25) is 0 Å². The highest BCUT2D eigenvalue weighted by Gasteiger charge is 2.20. The van der Waals surface area contributed by atoms with Gasteiger partial charge in [0.15, 0.2) is 0 Å². The van der Waals surface area contributed by atoms with Crippen molar-refractivity contribution in [3.05, 3.63) is 136 Å². The molecule has 0 spiro atoms. The van der Waals surface area contributed by atoms with Crippen LogP contribution in [0.5, 0.6) is 23.0 Å². The Morgan fingerprint density at radius 2 is 0.806 bits per heavy atom. The number of aromatic carboxylic acids is 2. The highest BCUT2D eigenvalue weighted by Crippen LogP contribution is 2.28. The van der Waals surface area contributed by atoms with E-state index < -0.39 is 55.1 Å². The summed E-state index contributed by atoms with van der Waals surface area (Å²) in [5.41, 5.74) is -1.20. The van der Waals surface area contributed by atoms with Crippen LogP contribution in [0.4, 0.5) is 27.5 Å². The summed E-state index contributed by atoms with van der Waals surface area (Å²) in [5.74, 6) is -4.56. The molecule has 4 N–H and O–H groups in total. The van der Waals surface area contributed by atoms with Gasteiger partial charge in [-0.1, -0.05) is 41.5 Å². The molecular formula is C42H55FN4O20. The fraction of sp³-hybridized carbons (Fsp3) is 0.333. The molecule has 0 saturated heterocycles. The molecule has 0 saturated carbocycles. The van der Waals surface area contributed by atoms with Crippen LogP contribution in [0.1, 0.15) is 111 Å². The molecule has 370 valence electrons. The number of ether oxygens (including phenoxy) is 4. The highest BCUT2D eigenvalue weighted by atomic mass is 19.0. The van der Waals surface area contributed by atoms with Gasteiger partial charge in [-0.3, -0.25) is 45.2 Å². The van der Waals surface area contributed by atoms with E-state index in [9.17, 15) is 64.7 Å². The number of aromatic hydroxyl groups is 2. The van der Waals surface area contributed by atoms with Crippen LogP contribution in [0, 0.1) is 40.5 Å². The molecule has 4 aromatic carbocycles. The Morgan fingerprint density at radius 1 is 0.507 bits per heavy atom. The van der Waals surface area contributed by atoms with E-state index in [2.05, 4.69) is 4.74 Å². The lowest BCUT2D eigenvalue weighted by molar-refractivity contribution is -0.385. The van der Waals surface area contributed by atoms with Gasteiger partial charge in [-0.2, -0.15) is 0 Å². The fourth-order valence-electron chi connectivity index (χ4n) is 4.52. The zero-order chi connectivity index (χ0) is 48.5. The van der Waals surface area contributed by atoms with E-state index >= 15 is 0 Å². The molecule has 0 heterocycles. The second-order valence-electron chi connectivity index (χ2n) is 12.2. The van der Waals surface area contributed by atoms with Crippen LogP contribution in [-0.2, 0) is 9.47 Å². The maximum Gasteiger partial charge on any atom is 0.341 e. The minimum absolute atomic E-state index is 0. The number of nitro groups is 4. The van der Waals surface area contributed by atoms with Crippen molar-refractivity contribution in [3.63, 3.8) is 0 Å². The van der Waals surface area contributed by atoms with Gasteiger partial charge in [0.1, 0.15) is 45.3 Å². The largest absolute Gasteiger partial charge is 0.507 e. The third kappa shape index (κ3) is 21.1. The van der Waals surface area contributed by atoms with E-state index in [-0.39, 0.29) is 90.7 Å². The standard InChI is InChI=1S/C13H17NO5.C11H13NO5.C9H9NO5.C7H5NO5.2CH4.FH.H2/c1-3-5-8-19-12-9-10(14(16)17)6-7-11(12)13(15)18-4-2;1-2-3-6-17-10-7-8(12(15)16)4-5-9(10)11(13)14;1-2-15-9(12)7-4-3-6(10(13)14)5-8(7)11;9-6-3-4(8(12)13)1-2-5(6)7(10)11;;;;/h6-7,9H,3-5,8H2,1-2H3;4-5,7H,2-3,6H2,1H3,(H,13,14);3-5,11H,2H2,1H3;1-3,9H,(H,10,11);2*1H4;2*1H/i;;;;;;;1+1. The first kappa shape index (κ1) is 62.8. The highest BCUT2D eigenvalue weighted by molar-refractivity contribution is 5.94. The van der Waals surface area contributed by atoms with Gasteiger partial charge in [-0.15, -0.1) is 0 Å². The molecule has 0 atom stereocenters. The summed E-state index contributed by atoms with van der Waals surface area (Å²) in [6.45, 7) is 8.46. The molecule has 0 aliphatic carbocycles. The first-order valence-corrected chi connectivity index (χ1v) is 18.8. The first-order valence-electron chi connectivity index (χ1n) is 18.8. The molecule has 0 aliphatic rings. The molecule has 0 bridgehead atoms. The Hall–Kier alpha value is -8.51. The van der Waals surface area contributed by atoms with Crippen molar-refractivity contribution in [1.82, 2.24) is 0 Å². The number of esters is 2. The zero-order valence-corrected chi connectivity index (χ0v) is 35.1. The Morgan fingerprint density at radius 3 is 1.12 bits per heavy atom. The zero-order valence-electron chi connectivity index (χ0n) is 35.1. The number of hydrogen-bond acceptors (Lipinski definition) is 18. The number of unbranched alkanes of at least 4 members (excludes halogenated alkanes) is 2. The molecule has 0 aliphatic heterocycles. The minimum atomic E-state index is -1.33. The average Bonchev–Trinajstić information content (AvgIpc) is 3.24. The molecule has 0 amide bonds. The lowest BCUT2D eigenvalue weighted by atomic mass is 10.2. The summed E-state index contributed by atoms with van der Waals surface area (Å²) < 4.78 is 20.2. The van der Waals surface area contributed by atoms with Crippen LogP contribution in [-0.4, -0.2) is 90.4 Å². The monoisotopic (exact) mass is 955 g/mol. The van der Waals surface area contributed by atoms with Gasteiger partial charge < -0.3 is 39.4 Å². The van der Waals surface area contributed by atoms with E-state index in [1.54, 1.807) is 13.8 Å². The second-order valence-corrected chi connectivity index (χ2v) is 12.2. The van der Waals surface area contributed by atoms with Gasteiger partial charge in [-0.05, 0) is 51.0 Å². The maximum absolute atomic E-state index is 11.7. The number of phenols is 2. The minimum Gasteiger partial charge on any atom is -0.507 e. The molecule has 0 radical (unpaired) electrons. The number of carboxylic acid groups (broad SMARTS) is 2. The second kappa shape index (κ2) is 32.2. The average molecular weight is 956 g/mol. The molecule has 4 rings (SSSR count).